The highest BCUT2D eigenvalue weighted by Crippen LogP contribution is 2.54. The summed E-state index contributed by atoms with van der Waals surface area (Å²) >= 11 is 5.56. The van der Waals surface area contributed by atoms with Crippen molar-refractivity contribution in [1.82, 2.24) is 4.57 Å². The van der Waals surface area contributed by atoms with Crippen molar-refractivity contribution in [3.8, 4) is 5.75 Å². The molecule has 2 N–H and O–H groups in total. The molecule has 0 aliphatic carbocycles. The van der Waals surface area contributed by atoms with E-state index in [1.54, 1.807) is 36.4 Å². The summed E-state index contributed by atoms with van der Waals surface area (Å²) in [6.07, 6.45) is 0. The van der Waals surface area contributed by atoms with Crippen LogP contribution in [-0.4, -0.2) is 32.6 Å². The van der Waals surface area contributed by atoms with E-state index in [9.17, 15) is 24.3 Å². The maximum absolute atomic E-state index is 13.5. The lowest BCUT2D eigenvalue weighted by atomic mass is 9.76. The summed E-state index contributed by atoms with van der Waals surface area (Å²) in [6.45, 7) is 3.51. The lowest BCUT2D eigenvalue weighted by Crippen LogP contribution is -2.41. The van der Waals surface area contributed by atoms with Gasteiger partial charge in [0, 0.05) is 20.5 Å². The Labute approximate surface area is 217 Å². The molecule has 0 radical (unpaired) electrons. The molecule has 8 nitrogen and oxygen atoms in total. The molecule has 1 saturated heterocycles. The van der Waals surface area contributed by atoms with Gasteiger partial charge in [-0.25, -0.2) is 4.90 Å². The molecule has 1 fully saturated rings. The Balaban J connectivity index is 1.46. The van der Waals surface area contributed by atoms with Gasteiger partial charge in [-0.1, -0.05) is 52.9 Å². The van der Waals surface area contributed by atoms with E-state index in [0.717, 1.165) is 15.8 Å². The number of amides is 3. The maximum Gasteiger partial charge on any atom is 0.308 e. The Bertz CT molecular complexity index is 1410. The van der Waals surface area contributed by atoms with Crippen molar-refractivity contribution in [2.75, 3.05) is 10.2 Å². The number of phenols is 1. The van der Waals surface area contributed by atoms with E-state index >= 15 is 0 Å². The fourth-order valence-electron chi connectivity index (χ4n) is 4.50. The number of halogens is 1. The molecular formula is C24H20BrN3O5S2. The summed E-state index contributed by atoms with van der Waals surface area (Å²) in [5.74, 6) is -1.59. The van der Waals surface area contributed by atoms with Crippen molar-refractivity contribution < 1.29 is 19.5 Å². The minimum atomic E-state index is -0.773. The largest absolute Gasteiger partial charge is 0.508 e. The second kappa shape index (κ2) is 8.65. The van der Waals surface area contributed by atoms with Crippen LogP contribution in [0.2, 0.25) is 0 Å². The molecule has 3 amide bonds. The van der Waals surface area contributed by atoms with Crippen LogP contribution in [0.5, 0.6) is 5.75 Å². The predicted octanol–water partition coefficient (Wildman–Crippen LogP) is 3.96. The van der Waals surface area contributed by atoms with Gasteiger partial charge in [-0.05, 0) is 48.5 Å². The Morgan fingerprint density at radius 3 is 2.37 bits per heavy atom. The van der Waals surface area contributed by atoms with Gasteiger partial charge < -0.3 is 10.4 Å². The first kappa shape index (κ1) is 23.8. The number of fused-ring (bicyclic) bond motifs is 2. The molecule has 0 unspecified atom stereocenters. The van der Waals surface area contributed by atoms with Gasteiger partial charge in [-0.3, -0.25) is 23.7 Å². The molecule has 3 heterocycles. The average Bonchev–Trinajstić information content (AvgIpc) is 3.25. The third-order valence-corrected chi connectivity index (χ3v) is 9.59. The molecule has 2 aliphatic heterocycles. The highest BCUT2D eigenvalue weighted by molar-refractivity contribution is 9.10. The molecule has 2 atom stereocenters. The number of hydrogen-bond acceptors (Lipinski definition) is 7. The Morgan fingerprint density at radius 1 is 1.06 bits per heavy atom. The predicted molar refractivity (Wildman–Crippen MR) is 138 cm³/mol. The van der Waals surface area contributed by atoms with E-state index < -0.39 is 22.5 Å². The zero-order valence-electron chi connectivity index (χ0n) is 18.6. The molecule has 2 aromatic carbocycles. The van der Waals surface area contributed by atoms with Gasteiger partial charge in [0.25, 0.3) is 0 Å². The molecule has 5 rings (SSSR count). The molecule has 1 aromatic heterocycles. The number of imide groups is 1. The fraction of sp³-hybridized carbons (Fsp3) is 0.250. The van der Waals surface area contributed by atoms with E-state index in [0.29, 0.717) is 21.3 Å². The number of anilines is 2. The van der Waals surface area contributed by atoms with E-state index in [2.05, 4.69) is 21.2 Å². The lowest BCUT2D eigenvalue weighted by Gasteiger charge is -2.36. The summed E-state index contributed by atoms with van der Waals surface area (Å²) in [5, 5.41) is 12.0. The summed E-state index contributed by atoms with van der Waals surface area (Å²) in [4.78, 5) is 54.1. The van der Waals surface area contributed by atoms with E-state index in [1.165, 1.54) is 33.4 Å². The normalized spacial score (nSPS) is 20.5. The molecule has 0 bridgehead atoms. The number of rotatable bonds is 4. The third kappa shape index (κ3) is 4.01. The third-order valence-electron chi connectivity index (χ3n) is 6.24. The van der Waals surface area contributed by atoms with Gasteiger partial charge in [0.2, 0.25) is 17.7 Å². The van der Waals surface area contributed by atoms with Crippen LogP contribution in [0.3, 0.4) is 0 Å². The SMILES string of the molecule is CC1(C)c2sc(=O)n(CC(=O)Nc3ccc(O)cc3)c2S[C@@H]2C(=O)N(c3ccc(Br)cc3)C(=O)[C@@H]21. The van der Waals surface area contributed by atoms with Crippen molar-refractivity contribution >= 4 is 68.1 Å². The minimum absolute atomic E-state index is 0.0762. The molecule has 0 saturated carbocycles. The summed E-state index contributed by atoms with van der Waals surface area (Å²) in [5.41, 5.74) is 0.215. The van der Waals surface area contributed by atoms with Gasteiger partial charge in [0.05, 0.1) is 16.6 Å². The quantitative estimate of drug-likeness (QED) is 0.361. The van der Waals surface area contributed by atoms with E-state index in [4.69, 9.17) is 0 Å². The molecule has 0 spiro atoms. The van der Waals surface area contributed by atoms with Gasteiger partial charge in [0.15, 0.2) is 0 Å². The number of nitrogens with one attached hydrogen (secondary N) is 1. The Morgan fingerprint density at radius 2 is 1.71 bits per heavy atom. The van der Waals surface area contributed by atoms with Crippen molar-refractivity contribution in [2.24, 2.45) is 5.92 Å². The van der Waals surface area contributed by atoms with Crippen molar-refractivity contribution in [3.63, 3.8) is 0 Å². The number of phenolic OH excluding ortho intramolecular Hbond substituents is 1. The summed E-state index contributed by atoms with van der Waals surface area (Å²) < 4.78 is 2.21. The smallest absolute Gasteiger partial charge is 0.308 e. The molecule has 180 valence electrons. The topological polar surface area (TPSA) is 109 Å². The second-order valence-electron chi connectivity index (χ2n) is 8.91. The number of hydrogen-bond donors (Lipinski definition) is 2. The fourth-order valence-corrected chi connectivity index (χ4v) is 7.80. The Hall–Kier alpha value is -2.89. The zero-order valence-corrected chi connectivity index (χ0v) is 21.9. The number of carbonyl (C=O) groups is 3. The number of thiazole rings is 1. The van der Waals surface area contributed by atoms with Crippen molar-refractivity contribution in [2.45, 2.75) is 36.1 Å². The van der Waals surface area contributed by atoms with Gasteiger partial charge >= 0.3 is 4.87 Å². The molecule has 35 heavy (non-hydrogen) atoms. The molecule has 3 aromatic rings. The van der Waals surface area contributed by atoms with Crippen LogP contribution >= 0.6 is 39.0 Å². The summed E-state index contributed by atoms with van der Waals surface area (Å²) in [7, 11) is 0. The monoisotopic (exact) mass is 573 g/mol. The molecule has 11 heteroatoms. The van der Waals surface area contributed by atoms with Gasteiger partial charge in [-0.2, -0.15) is 0 Å². The molecule has 2 aliphatic rings. The zero-order chi connectivity index (χ0) is 25.1. The van der Waals surface area contributed by atoms with Crippen LogP contribution in [0.15, 0.2) is 62.8 Å². The van der Waals surface area contributed by atoms with E-state index in [-0.39, 0.29) is 29.0 Å². The van der Waals surface area contributed by atoms with Crippen LogP contribution in [0.25, 0.3) is 0 Å². The van der Waals surface area contributed by atoms with Crippen LogP contribution < -0.4 is 15.1 Å². The van der Waals surface area contributed by atoms with Gasteiger partial charge in [0.1, 0.15) is 17.5 Å². The van der Waals surface area contributed by atoms with Gasteiger partial charge in [-0.15, -0.1) is 0 Å². The van der Waals surface area contributed by atoms with Crippen LogP contribution in [0.4, 0.5) is 11.4 Å². The minimum Gasteiger partial charge on any atom is -0.508 e. The first-order valence-electron chi connectivity index (χ1n) is 10.7. The molecular weight excluding hydrogens is 554 g/mol. The summed E-state index contributed by atoms with van der Waals surface area (Å²) in [6, 6.07) is 13.0. The maximum atomic E-state index is 13.5. The van der Waals surface area contributed by atoms with E-state index in [1.807, 2.05) is 13.8 Å². The lowest BCUT2D eigenvalue weighted by molar-refractivity contribution is -0.123. The second-order valence-corrected chi connectivity index (χ2v) is 11.9. The number of nitrogens with zero attached hydrogens (tertiary/aromatic N) is 2. The number of thioether (sulfide) groups is 1. The number of benzene rings is 2. The average molecular weight is 574 g/mol. The first-order chi connectivity index (χ1) is 16.6. The van der Waals surface area contributed by atoms with Crippen LogP contribution in [-0.2, 0) is 26.3 Å². The van der Waals surface area contributed by atoms with Crippen LogP contribution in [0, 0.1) is 5.92 Å². The first-order valence-corrected chi connectivity index (χ1v) is 13.2. The number of carbonyl (C=O) groups excluding carboxylic acids is 3. The Kier molecular flexibility index (Phi) is 5.89. The van der Waals surface area contributed by atoms with Crippen molar-refractivity contribution in [1.29, 1.82) is 0 Å². The number of aromatic nitrogens is 1. The van der Waals surface area contributed by atoms with Crippen LogP contribution in [0.1, 0.15) is 18.7 Å². The highest BCUT2D eigenvalue weighted by Gasteiger charge is 2.59. The standard InChI is InChI=1S/C24H20BrN3O5S2/c1-24(2)17-18(21(32)28(20(17)31)14-7-3-12(25)4-8-14)34-22-19(24)35-23(33)27(22)11-16(30)26-13-5-9-15(29)10-6-13/h3-10,17-18,29H,11H2,1-2H3,(H,26,30)/t17-,18+/m1/s1. The number of aromatic hydroxyl groups is 1. The van der Waals surface area contributed by atoms with Crippen molar-refractivity contribution in [3.05, 3.63) is 67.5 Å². The highest BCUT2D eigenvalue weighted by atomic mass is 79.9.